The van der Waals surface area contributed by atoms with E-state index in [1.165, 1.54) is 24.3 Å². The number of sulfonamides is 2. The second kappa shape index (κ2) is 26.0. The smallest absolute Gasteiger partial charge is 0.407 e. The lowest BCUT2D eigenvalue weighted by molar-refractivity contribution is -0.629. The summed E-state index contributed by atoms with van der Waals surface area (Å²) >= 11 is 0. The van der Waals surface area contributed by atoms with Crippen LogP contribution in [0.2, 0.25) is 0 Å². The zero-order chi connectivity index (χ0) is 58.2. The van der Waals surface area contributed by atoms with Crippen molar-refractivity contribution < 1.29 is 60.4 Å². The van der Waals surface area contributed by atoms with Crippen molar-refractivity contribution >= 4 is 66.2 Å². The van der Waals surface area contributed by atoms with Crippen LogP contribution in [0.3, 0.4) is 0 Å². The lowest BCUT2D eigenvalue weighted by Crippen LogP contribution is -2.51. The molecule has 6 aromatic rings. The van der Waals surface area contributed by atoms with E-state index in [9.17, 15) is 36.6 Å². The fourth-order valence-corrected chi connectivity index (χ4v) is 12.1. The minimum absolute atomic E-state index is 0.000456. The van der Waals surface area contributed by atoms with E-state index in [0.717, 1.165) is 45.7 Å². The van der Waals surface area contributed by atoms with Gasteiger partial charge in [-0.05, 0) is 122 Å². The third-order valence-corrected chi connectivity index (χ3v) is 17.0. The number of aryl methyl sites for hydroxylation is 2. The first kappa shape index (κ1) is 61.2. The quantitative estimate of drug-likeness (QED) is 0.0319. The van der Waals surface area contributed by atoms with Gasteiger partial charge in [0, 0.05) is 13.1 Å². The van der Waals surface area contributed by atoms with Crippen LogP contribution in [0.15, 0.2) is 107 Å². The Bertz CT molecular complexity index is 3260. The standard InChI is InChI=1S/2C28H39N5O6S/c1-28(2,3)38-27(35)31-23(16-19-10-6-5-7-11-19)25(34)18-33(39-20-12-8-9-13-20)40(36,37)21-14-15-24-22(17-21)30-26(29)32(24)4;1-28(2,3)38-27(35)31-23(16-19-10-6-5-7-11-19)25(34)18-33(39-20-12-8-9-13-20)40(36,37)21-14-15-22-24(17-21)32(4)26(29)30-22/h5-7,10-11,14-15,17,20,23,25,34H,8-9,12-13,16,18H2,1-4H3,(H2,29,30)(H,31,35);5-7,10-11,14-15,17,20,23,25,34H,8-9,12-13,16,18H2,1-4H3,(H3,29,30,31,35)/p+1/t2*23-,25+/m00/s1. The number of aromatic amines is 1. The van der Waals surface area contributed by atoms with Gasteiger partial charge < -0.3 is 40.6 Å². The number of hydrogen-bond acceptors (Lipinski definition) is 15. The molecule has 436 valence electrons. The number of anilines is 2. The van der Waals surface area contributed by atoms with Crippen LogP contribution in [0.25, 0.3) is 22.1 Å². The number of hydrogen-bond donors (Lipinski definition) is 7. The molecule has 0 saturated heterocycles. The van der Waals surface area contributed by atoms with E-state index in [1.54, 1.807) is 76.9 Å². The summed E-state index contributed by atoms with van der Waals surface area (Å²) in [5.74, 6) is 0.645. The monoisotopic (exact) mass is 1150 g/mol. The molecule has 2 aromatic heterocycles. The molecule has 0 spiro atoms. The minimum Gasteiger partial charge on any atom is -0.444 e. The van der Waals surface area contributed by atoms with Crippen LogP contribution in [0.4, 0.5) is 21.5 Å². The first-order valence-corrected chi connectivity index (χ1v) is 29.9. The maximum atomic E-state index is 13.9. The SMILES string of the molecule is C[n+]1c(N)[nH]c2ccc(S(=O)(=O)N(C[C@@H](O)[C@H](Cc3ccccc3)NC(=O)OC(C)(C)C)OC3CCCC3)cc21.Cn1c(N)nc2cc(S(=O)(=O)N(C[C@@H](O)[C@H](Cc3ccccc3)NC(=O)OC(C)(C)C)OC3CCCC3)ccc21. The van der Waals surface area contributed by atoms with Gasteiger partial charge in [-0.2, -0.15) is 0 Å². The van der Waals surface area contributed by atoms with Crippen molar-refractivity contribution in [3.05, 3.63) is 108 Å². The molecular weight excluding hydrogens is 1070 g/mol. The number of nitrogen functional groups attached to an aromatic ring is 2. The number of aromatic nitrogens is 4. The number of aliphatic hydroxyl groups excluding tert-OH is 2. The maximum Gasteiger partial charge on any atom is 0.407 e. The first-order chi connectivity index (χ1) is 37.7. The van der Waals surface area contributed by atoms with Crippen LogP contribution >= 0.6 is 0 Å². The predicted octanol–water partition coefficient (Wildman–Crippen LogP) is 6.45. The van der Waals surface area contributed by atoms with E-state index < -0.39 is 80.8 Å². The molecule has 2 amide bonds. The summed E-state index contributed by atoms with van der Waals surface area (Å²) in [4.78, 5) is 44.6. The van der Waals surface area contributed by atoms with Crippen molar-refractivity contribution in [2.75, 3.05) is 24.6 Å². The highest BCUT2D eigenvalue weighted by Gasteiger charge is 2.38. The average molecular weight is 1150 g/mol. The highest BCUT2D eigenvalue weighted by atomic mass is 32.2. The Morgan fingerprint density at radius 3 is 1.56 bits per heavy atom. The number of nitrogens with zero attached hydrogens (tertiary/aromatic N) is 5. The zero-order valence-electron chi connectivity index (χ0n) is 46.9. The van der Waals surface area contributed by atoms with Gasteiger partial charge in [-0.1, -0.05) is 95.3 Å². The number of amides is 2. The highest BCUT2D eigenvalue weighted by Crippen LogP contribution is 2.30. The van der Waals surface area contributed by atoms with E-state index in [-0.39, 0.29) is 40.8 Å². The molecule has 0 unspecified atom stereocenters. The second-order valence-corrected chi connectivity index (χ2v) is 26.1. The molecule has 4 aromatic carbocycles. The number of alkyl carbamates (subject to hydrolysis) is 2. The fourth-order valence-electron chi connectivity index (χ4n) is 9.50. The number of rotatable bonds is 20. The number of carbonyl (C=O) groups excluding carboxylic acids is 2. The molecule has 0 aliphatic heterocycles. The highest BCUT2D eigenvalue weighted by molar-refractivity contribution is 7.89. The largest absolute Gasteiger partial charge is 0.444 e. The molecule has 2 aliphatic rings. The number of fused-ring (bicyclic) bond motifs is 2. The van der Waals surface area contributed by atoms with Crippen LogP contribution in [0.5, 0.6) is 0 Å². The van der Waals surface area contributed by atoms with Crippen molar-refractivity contribution in [1.29, 1.82) is 0 Å². The van der Waals surface area contributed by atoms with Gasteiger partial charge >= 0.3 is 18.1 Å². The molecule has 8 rings (SSSR count). The fraction of sp³-hybridized carbons (Fsp3) is 0.500. The van der Waals surface area contributed by atoms with Gasteiger partial charge in [-0.25, -0.2) is 41.0 Å². The summed E-state index contributed by atoms with van der Waals surface area (Å²) in [5.41, 5.74) is 14.5. The molecule has 0 radical (unpaired) electrons. The zero-order valence-corrected chi connectivity index (χ0v) is 48.5. The minimum atomic E-state index is -4.23. The van der Waals surface area contributed by atoms with E-state index in [0.29, 0.717) is 53.7 Å². The lowest BCUT2D eigenvalue weighted by Gasteiger charge is -2.31. The summed E-state index contributed by atoms with van der Waals surface area (Å²) in [7, 11) is -4.95. The van der Waals surface area contributed by atoms with Gasteiger partial charge in [0.05, 0.1) is 77.5 Å². The van der Waals surface area contributed by atoms with E-state index in [1.807, 2.05) is 60.7 Å². The molecular formula is C56H79N10O12S2+. The Labute approximate surface area is 468 Å². The molecule has 2 heterocycles. The van der Waals surface area contributed by atoms with Gasteiger partial charge in [-0.3, -0.25) is 15.4 Å². The van der Waals surface area contributed by atoms with E-state index >= 15 is 0 Å². The van der Waals surface area contributed by atoms with Crippen LogP contribution in [0, 0.1) is 0 Å². The Balaban J connectivity index is 0.000000231. The Kier molecular flexibility index (Phi) is 19.9. The third kappa shape index (κ3) is 16.4. The number of ether oxygens (including phenoxy) is 2. The molecule has 2 aliphatic carbocycles. The Morgan fingerprint density at radius 2 is 1.12 bits per heavy atom. The van der Waals surface area contributed by atoms with Gasteiger partial charge in [0.25, 0.3) is 20.0 Å². The molecule has 2 saturated carbocycles. The topological polar surface area (TPSA) is 300 Å². The number of hydroxylamine groups is 2. The number of nitrogens with two attached hydrogens (primary N) is 2. The van der Waals surface area contributed by atoms with Gasteiger partial charge in [0.2, 0.25) is 5.95 Å². The molecule has 80 heavy (non-hydrogen) atoms. The van der Waals surface area contributed by atoms with Gasteiger partial charge in [-0.15, -0.1) is 0 Å². The number of nitrogens with one attached hydrogen (secondary N) is 3. The van der Waals surface area contributed by atoms with Crippen LogP contribution in [-0.4, -0.2) is 123 Å². The van der Waals surface area contributed by atoms with Gasteiger partial charge in [0.15, 0.2) is 0 Å². The molecule has 4 atom stereocenters. The lowest BCUT2D eigenvalue weighted by atomic mass is 10.0. The summed E-state index contributed by atoms with van der Waals surface area (Å²) < 4.78 is 71.5. The summed E-state index contributed by atoms with van der Waals surface area (Å²) in [6.07, 6.45) is 2.42. The number of H-pyrrole nitrogens is 1. The third-order valence-electron chi connectivity index (χ3n) is 13.7. The van der Waals surface area contributed by atoms with Crippen LogP contribution in [-0.2, 0) is 66.1 Å². The van der Waals surface area contributed by atoms with Crippen molar-refractivity contribution in [1.82, 2.24) is 34.1 Å². The van der Waals surface area contributed by atoms with E-state index in [2.05, 4.69) is 20.6 Å². The average Bonchev–Trinajstić information content (AvgIpc) is 4.23. The molecule has 22 nitrogen and oxygen atoms in total. The Morgan fingerprint density at radius 1 is 0.700 bits per heavy atom. The number of benzene rings is 4. The maximum absolute atomic E-state index is 13.9. The second-order valence-electron chi connectivity index (χ2n) is 22.5. The summed E-state index contributed by atoms with van der Waals surface area (Å²) in [5, 5.41) is 28.3. The molecule has 0 bridgehead atoms. The van der Waals surface area contributed by atoms with E-state index in [4.69, 9.17) is 30.6 Å². The van der Waals surface area contributed by atoms with Gasteiger partial charge in [0.1, 0.15) is 22.2 Å². The van der Waals surface area contributed by atoms with Crippen molar-refractivity contribution in [2.45, 2.75) is 163 Å². The predicted molar refractivity (Wildman–Crippen MR) is 302 cm³/mol. The van der Waals surface area contributed by atoms with Crippen molar-refractivity contribution in [3.8, 4) is 0 Å². The first-order valence-electron chi connectivity index (χ1n) is 27.0. The molecule has 24 heteroatoms. The number of imidazole rings is 2. The van der Waals surface area contributed by atoms with Crippen LogP contribution in [0.1, 0.15) is 104 Å². The molecule has 9 N–H and O–H groups in total. The number of aliphatic hydroxyl groups is 2. The normalized spacial score (nSPS) is 16.4. The summed E-state index contributed by atoms with van der Waals surface area (Å²) in [6, 6.07) is 26.1. The molecule has 2 fully saturated rings. The summed E-state index contributed by atoms with van der Waals surface area (Å²) in [6.45, 7) is 9.65. The Hall–Kier alpha value is -6.38. The van der Waals surface area contributed by atoms with Crippen LogP contribution < -0.4 is 26.7 Å². The van der Waals surface area contributed by atoms with Crippen molar-refractivity contribution in [3.63, 3.8) is 0 Å². The number of carbonyl (C=O) groups is 2. The van der Waals surface area contributed by atoms with Crippen molar-refractivity contribution in [2.24, 2.45) is 14.1 Å².